The summed E-state index contributed by atoms with van der Waals surface area (Å²) in [7, 11) is 0. The molecule has 0 radical (unpaired) electrons. The minimum Gasteiger partial charge on any atom is -0.236 e. The van der Waals surface area contributed by atoms with Crippen LogP contribution in [0.25, 0.3) is 11.4 Å². The second-order valence-corrected chi connectivity index (χ2v) is 10.7. The molecule has 190 valence electrons. The maximum absolute atomic E-state index is 4.65. The number of hydrogen-bond acceptors (Lipinski definition) is 2. The van der Waals surface area contributed by atoms with E-state index >= 15 is 0 Å². The highest BCUT2D eigenvalue weighted by atomic mass is 14.9. The number of hydrogen-bond donors (Lipinski definition) is 0. The standard InChI is InChI=1S/C32H52N2/c1-4-5-6-7-8-9-10-11-12-13-18-21-30-26-33-32(34-27-30)31-24-22-29(23-25-31)20-17-15-14-16-19-28(2)3/h22-28H,4-21H2,1-3H3. The topological polar surface area (TPSA) is 25.8 Å². The minimum atomic E-state index is 0.841. The molecular formula is C32H52N2. The monoisotopic (exact) mass is 464 g/mol. The van der Waals surface area contributed by atoms with Crippen LogP contribution in [0.4, 0.5) is 0 Å². The van der Waals surface area contributed by atoms with Gasteiger partial charge in [-0.15, -0.1) is 0 Å². The first-order valence-corrected chi connectivity index (χ1v) is 14.6. The van der Waals surface area contributed by atoms with Gasteiger partial charge in [-0.1, -0.05) is 135 Å². The first kappa shape index (κ1) is 28.5. The molecule has 0 spiro atoms. The lowest BCUT2D eigenvalue weighted by Gasteiger charge is -2.06. The molecule has 2 heteroatoms. The van der Waals surface area contributed by atoms with Crippen molar-refractivity contribution in [2.24, 2.45) is 5.92 Å². The summed E-state index contributed by atoms with van der Waals surface area (Å²) < 4.78 is 0. The van der Waals surface area contributed by atoms with Crippen molar-refractivity contribution in [1.29, 1.82) is 0 Å². The molecule has 1 heterocycles. The molecule has 0 atom stereocenters. The minimum absolute atomic E-state index is 0.841. The first-order valence-electron chi connectivity index (χ1n) is 14.6. The molecule has 1 aromatic heterocycles. The van der Waals surface area contributed by atoms with Crippen LogP contribution in [0.15, 0.2) is 36.7 Å². The molecule has 2 aromatic rings. The van der Waals surface area contributed by atoms with Gasteiger partial charge in [-0.25, -0.2) is 9.97 Å². The summed E-state index contributed by atoms with van der Waals surface area (Å²) in [5, 5.41) is 0. The first-order chi connectivity index (χ1) is 16.7. The fourth-order valence-electron chi connectivity index (χ4n) is 4.68. The Kier molecular flexibility index (Phi) is 15.6. The van der Waals surface area contributed by atoms with Gasteiger partial charge in [0.2, 0.25) is 0 Å². The SMILES string of the molecule is CCCCCCCCCCCCCc1cnc(-c2ccc(CCCCCCC(C)C)cc2)nc1. The van der Waals surface area contributed by atoms with Crippen molar-refractivity contribution in [3.8, 4) is 11.4 Å². The Morgan fingerprint density at radius 1 is 0.559 bits per heavy atom. The van der Waals surface area contributed by atoms with Gasteiger partial charge in [-0.05, 0) is 42.7 Å². The Morgan fingerprint density at radius 2 is 1.03 bits per heavy atom. The number of aryl methyl sites for hydroxylation is 2. The molecule has 0 aliphatic carbocycles. The van der Waals surface area contributed by atoms with E-state index in [0.717, 1.165) is 23.7 Å². The van der Waals surface area contributed by atoms with Crippen molar-refractivity contribution < 1.29 is 0 Å². The van der Waals surface area contributed by atoms with Crippen LogP contribution < -0.4 is 0 Å². The molecule has 2 rings (SSSR count). The highest BCUT2D eigenvalue weighted by Crippen LogP contribution is 2.18. The smallest absolute Gasteiger partial charge is 0.159 e. The van der Waals surface area contributed by atoms with Gasteiger partial charge in [0.05, 0.1) is 0 Å². The van der Waals surface area contributed by atoms with Crippen molar-refractivity contribution in [1.82, 2.24) is 9.97 Å². The van der Waals surface area contributed by atoms with Crippen molar-refractivity contribution in [3.63, 3.8) is 0 Å². The van der Waals surface area contributed by atoms with E-state index in [1.807, 2.05) is 12.4 Å². The van der Waals surface area contributed by atoms with E-state index in [2.05, 4.69) is 55.0 Å². The van der Waals surface area contributed by atoms with E-state index in [-0.39, 0.29) is 0 Å². The van der Waals surface area contributed by atoms with Gasteiger partial charge >= 0.3 is 0 Å². The molecule has 2 nitrogen and oxygen atoms in total. The van der Waals surface area contributed by atoms with Crippen LogP contribution in [0.3, 0.4) is 0 Å². The lowest BCUT2D eigenvalue weighted by atomic mass is 10.0. The summed E-state index contributed by atoms with van der Waals surface area (Å²) in [6.07, 6.45) is 28.4. The van der Waals surface area contributed by atoms with Crippen molar-refractivity contribution in [3.05, 3.63) is 47.8 Å². The fourth-order valence-corrected chi connectivity index (χ4v) is 4.68. The Labute approximate surface area is 211 Å². The summed E-state index contributed by atoms with van der Waals surface area (Å²) in [6, 6.07) is 8.89. The van der Waals surface area contributed by atoms with Crippen molar-refractivity contribution >= 4 is 0 Å². The van der Waals surface area contributed by atoms with Gasteiger partial charge in [-0.2, -0.15) is 0 Å². The molecule has 0 amide bonds. The van der Waals surface area contributed by atoms with Gasteiger partial charge in [0.15, 0.2) is 5.82 Å². The molecule has 0 N–H and O–H groups in total. The number of benzene rings is 1. The predicted molar refractivity (Wildman–Crippen MR) is 149 cm³/mol. The Hall–Kier alpha value is -1.70. The molecule has 0 unspecified atom stereocenters. The summed E-state index contributed by atoms with van der Waals surface area (Å²) in [5.41, 5.74) is 3.83. The van der Waals surface area contributed by atoms with Crippen LogP contribution in [-0.2, 0) is 12.8 Å². The largest absolute Gasteiger partial charge is 0.236 e. The number of aromatic nitrogens is 2. The molecule has 0 aliphatic heterocycles. The second-order valence-electron chi connectivity index (χ2n) is 10.7. The van der Waals surface area contributed by atoms with E-state index < -0.39 is 0 Å². The van der Waals surface area contributed by atoms with Crippen molar-refractivity contribution in [2.75, 3.05) is 0 Å². The lowest BCUT2D eigenvalue weighted by Crippen LogP contribution is -1.94. The van der Waals surface area contributed by atoms with E-state index in [9.17, 15) is 0 Å². The number of nitrogens with zero attached hydrogens (tertiary/aromatic N) is 2. The van der Waals surface area contributed by atoms with E-state index in [4.69, 9.17) is 0 Å². The average Bonchev–Trinajstić information content (AvgIpc) is 2.85. The zero-order valence-electron chi connectivity index (χ0n) is 22.7. The van der Waals surface area contributed by atoms with Gasteiger partial charge in [-0.3, -0.25) is 0 Å². The lowest BCUT2D eigenvalue weighted by molar-refractivity contribution is 0.520. The molecule has 0 fully saturated rings. The normalized spacial score (nSPS) is 11.4. The third-order valence-electron chi connectivity index (χ3n) is 6.98. The fraction of sp³-hybridized carbons (Fsp3) is 0.688. The maximum atomic E-state index is 4.65. The quantitative estimate of drug-likeness (QED) is 0.182. The van der Waals surface area contributed by atoms with Gasteiger partial charge in [0.1, 0.15) is 0 Å². The summed E-state index contributed by atoms with van der Waals surface area (Å²) in [5.74, 6) is 1.69. The van der Waals surface area contributed by atoms with Crippen LogP contribution >= 0.6 is 0 Å². The second kappa shape index (κ2) is 18.6. The Balaban J connectivity index is 1.56. The van der Waals surface area contributed by atoms with Gasteiger partial charge in [0.25, 0.3) is 0 Å². The molecule has 1 aromatic carbocycles. The molecule has 34 heavy (non-hydrogen) atoms. The molecule has 0 saturated heterocycles. The van der Waals surface area contributed by atoms with E-state index in [1.165, 1.54) is 120 Å². The summed E-state index contributed by atoms with van der Waals surface area (Å²) in [4.78, 5) is 9.30. The van der Waals surface area contributed by atoms with Gasteiger partial charge < -0.3 is 0 Å². The van der Waals surface area contributed by atoms with Crippen LogP contribution in [0.2, 0.25) is 0 Å². The van der Waals surface area contributed by atoms with E-state index in [0.29, 0.717) is 0 Å². The maximum Gasteiger partial charge on any atom is 0.159 e. The Bertz CT molecular complexity index is 718. The number of rotatable bonds is 20. The zero-order chi connectivity index (χ0) is 24.3. The average molecular weight is 465 g/mol. The highest BCUT2D eigenvalue weighted by molar-refractivity contribution is 5.55. The summed E-state index contributed by atoms with van der Waals surface area (Å²) >= 11 is 0. The highest BCUT2D eigenvalue weighted by Gasteiger charge is 2.03. The zero-order valence-corrected chi connectivity index (χ0v) is 22.7. The van der Waals surface area contributed by atoms with Crippen molar-refractivity contribution in [2.45, 2.75) is 136 Å². The van der Waals surface area contributed by atoms with Gasteiger partial charge in [0, 0.05) is 18.0 Å². The summed E-state index contributed by atoms with van der Waals surface area (Å²) in [6.45, 7) is 6.92. The van der Waals surface area contributed by atoms with Crippen LogP contribution in [0.1, 0.15) is 135 Å². The Morgan fingerprint density at radius 3 is 1.56 bits per heavy atom. The molecular weight excluding hydrogens is 412 g/mol. The third kappa shape index (κ3) is 13.3. The predicted octanol–water partition coefficient (Wildman–Crippen LogP) is 10.1. The molecule has 0 aliphatic rings. The van der Waals surface area contributed by atoms with Crippen LogP contribution in [0.5, 0.6) is 0 Å². The van der Waals surface area contributed by atoms with Crippen LogP contribution in [0, 0.1) is 5.92 Å². The third-order valence-corrected chi connectivity index (χ3v) is 6.98. The molecule has 0 saturated carbocycles. The molecule has 0 bridgehead atoms. The number of unbranched alkanes of at least 4 members (excludes halogenated alkanes) is 13. The van der Waals surface area contributed by atoms with E-state index in [1.54, 1.807) is 0 Å². The van der Waals surface area contributed by atoms with Crippen LogP contribution in [-0.4, -0.2) is 9.97 Å².